The minimum atomic E-state index is -0.172. The molecule has 0 spiro atoms. The lowest BCUT2D eigenvalue weighted by Gasteiger charge is -2.06. The molecule has 0 saturated heterocycles. The number of nitrogens with one attached hydrogen (secondary N) is 1. The van der Waals surface area contributed by atoms with Crippen molar-refractivity contribution in [1.29, 1.82) is 0 Å². The third-order valence-electron chi connectivity index (χ3n) is 3.08. The summed E-state index contributed by atoms with van der Waals surface area (Å²) in [5.74, 6) is -0.172. The Morgan fingerprint density at radius 3 is 2.63 bits per heavy atom. The van der Waals surface area contributed by atoms with E-state index in [0.29, 0.717) is 24.3 Å². The fourth-order valence-electron chi connectivity index (χ4n) is 2.00. The number of nitrogens with zero attached hydrogens (tertiary/aromatic N) is 2. The van der Waals surface area contributed by atoms with Crippen LogP contribution in [0.25, 0.3) is 0 Å². The van der Waals surface area contributed by atoms with Crippen LogP contribution < -0.4 is 11.1 Å². The van der Waals surface area contributed by atoms with E-state index in [0.717, 1.165) is 31.4 Å². The number of nitrogen functional groups attached to an aromatic ring is 1. The number of hydrogen-bond donors (Lipinski definition) is 3. The van der Waals surface area contributed by atoms with Crippen molar-refractivity contribution in [2.75, 3.05) is 18.9 Å². The normalized spacial score (nSPS) is 10.7. The van der Waals surface area contributed by atoms with Gasteiger partial charge >= 0.3 is 0 Å². The number of aliphatic hydroxyl groups is 1. The highest BCUT2D eigenvalue weighted by atomic mass is 16.2. The Morgan fingerprint density at radius 1 is 1.37 bits per heavy atom. The smallest absolute Gasteiger partial charge is 0.271 e. The molecule has 4 N–H and O–H groups in total. The molecular weight excluding hydrogens is 244 g/mol. The van der Waals surface area contributed by atoms with Crippen LogP contribution in [0, 0.1) is 0 Å². The maximum Gasteiger partial charge on any atom is 0.271 e. The van der Waals surface area contributed by atoms with Gasteiger partial charge in [0.05, 0.1) is 11.4 Å². The zero-order valence-electron chi connectivity index (χ0n) is 11.8. The van der Waals surface area contributed by atoms with E-state index in [4.69, 9.17) is 10.8 Å². The van der Waals surface area contributed by atoms with Gasteiger partial charge in [0, 0.05) is 20.2 Å². The van der Waals surface area contributed by atoms with E-state index < -0.39 is 0 Å². The molecule has 0 unspecified atom stereocenters. The second-order valence-corrected chi connectivity index (χ2v) is 4.58. The lowest BCUT2D eigenvalue weighted by Crippen LogP contribution is -2.27. The van der Waals surface area contributed by atoms with Crippen LogP contribution in [0.15, 0.2) is 0 Å². The Kier molecular flexibility index (Phi) is 6.35. The van der Waals surface area contributed by atoms with Crippen LogP contribution in [0.4, 0.5) is 5.69 Å². The molecular formula is C13H24N4O2. The highest BCUT2D eigenvalue weighted by Crippen LogP contribution is 2.16. The summed E-state index contributed by atoms with van der Waals surface area (Å²) in [6.45, 7) is 2.82. The van der Waals surface area contributed by atoms with Crippen LogP contribution in [0.2, 0.25) is 0 Å². The van der Waals surface area contributed by atoms with Gasteiger partial charge in [0.25, 0.3) is 5.91 Å². The summed E-state index contributed by atoms with van der Waals surface area (Å²) in [4.78, 5) is 12.0. The molecule has 1 rings (SSSR count). The maximum atomic E-state index is 12.0. The first-order chi connectivity index (χ1) is 9.11. The first kappa shape index (κ1) is 15.5. The SMILES string of the molecule is CCc1nn(C)c(C(=O)NCCCCCCO)c1N. The maximum absolute atomic E-state index is 12.0. The van der Waals surface area contributed by atoms with Gasteiger partial charge in [0.15, 0.2) is 0 Å². The minimum absolute atomic E-state index is 0.172. The second-order valence-electron chi connectivity index (χ2n) is 4.58. The summed E-state index contributed by atoms with van der Waals surface area (Å²) in [6.07, 6.45) is 4.43. The molecule has 0 saturated carbocycles. The third-order valence-corrected chi connectivity index (χ3v) is 3.08. The van der Waals surface area contributed by atoms with Gasteiger partial charge in [0.2, 0.25) is 0 Å². The predicted molar refractivity (Wildman–Crippen MR) is 74.9 cm³/mol. The van der Waals surface area contributed by atoms with Crippen molar-refractivity contribution in [1.82, 2.24) is 15.1 Å². The van der Waals surface area contributed by atoms with Gasteiger partial charge in [-0.2, -0.15) is 5.10 Å². The highest BCUT2D eigenvalue weighted by Gasteiger charge is 2.18. The Bertz CT molecular complexity index is 415. The Balaban J connectivity index is 2.43. The van der Waals surface area contributed by atoms with Crippen LogP contribution in [0.3, 0.4) is 0 Å². The van der Waals surface area contributed by atoms with Crippen molar-refractivity contribution >= 4 is 11.6 Å². The average Bonchev–Trinajstić information content (AvgIpc) is 2.68. The summed E-state index contributed by atoms with van der Waals surface area (Å²) in [7, 11) is 1.73. The van der Waals surface area contributed by atoms with Crippen molar-refractivity contribution in [2.24, 2.45) is 7.05 Å². The first-order valence-electron chi connectivity index (χ1n) is 6.82. The van der Waals surface area contributed by atoms with E-state index in [1.54, 1.807) is 7.05 Å². The number of carbonyl (C=O) groups is 1. The van der Waals surface area contributed by atoms with Gasteiger partial charge in [-0.15, -0.1) is 0 Å². The van der Waals surface area contributed by atoms with Gasteiger partial charge in [0.1, 0.15) is 5.69 Å². The summed E-state index contributed by atoms with van der Waals surface area (Å²) in [5, 5.41) is 15.7. The fraction of sp³-hybridized carbons (Fsp3) is 0.692. The Labute approximate surface area is 114 Å². The number of aliphatic hydroxyl groups excluding tert-OH is 1. The van der Waals surface area contributed by atoms with E-state index >= 15 is 0 Å². The number of rotatable bonds is 8. The molecule has 6 nitrogen and oxygen atoms in total. The standard InChI is InChI=1S/C13H24N4O2/c1-3-10-11(14)12(17(2)16-10)13(19)15-8-6-4-5-7-9-18/h18H,3-9,14H2,1-2H3,(H,15,19). The third kappa shape index (κ3) is 4.24. The van der Waals surface area contributed by atoms with E-state index in [1.165, 1.54) is 4.68 Å². The van der Waals surface area contributed by atoms with E-state index in [9.17, 15) is 4.79 Å². The van der Waals surface area contributed by atoms with Gasteiger partial charge in [-0.3, -0.25) is 9.48 Å². The predicted octanol–water partition coefficient (Wildman–Crippen LogP) is 0.847. The summed E-state index contributed by atoms with van der Waals surface area (Å²) < 4.78 is 1.54. The Morgan fingerprint density at radius 2 is 2.05 bits per heavy atom. The molecule has 108 valence electrons. The minimum Gasteiger partial charge on any atom is -0.396 e. The summed E-state index contributed by atoms with van der Waals surface area (Å²) in [6, 6.07) is 0. The van der Waals surface area contributed by atoms with Gasteiger partial charge in [-0.25, -0.2) is 0 Å². The molecule has 0 aliphatic heterocycles. The number of unbranched alkanes of at least 4 members (excludes halogenated alkanes) is 3. The van der Waals surface area contributed by atoms with Crippen LogP contribution in [-0.2, 0) is 13.5 Å². The molecule has 1 aromatic heterocycles. The molecule has 0 radical (unpaired) electrons. The molecule has 0 fully saturated rings. The zero-order chi connectivity index (χ0) is 14.3. The van der Waals surface area contributed by atoms with Gasteiger partial charge < -0.3 is 16.2 Å². The van der Waals surface area contributed by atoms with Crippen molar-refractivity contribution < 1.29 is 9.90 Å². The molecule has 1 heterocycles. The molecule has 1 aromatic rings. The topological polar surface area (TPSA) is 93.2 Å². The molecule has 0 aromatic carbocycles. The van der Waals surface area contributed by atoms with Crippen molar-refractivity contribution in [2.45, 2.75) is 39.0 Å². The number of aromatic nitrogens is 2. The van der Waals surface area contributed by atoms with E-state index in [1.807, 2.05) is 6.92 Å². The molecule has 6 heteroatoms. The fourth-order valence-corrected chi connectivity index (χ4v) is 2.00. The van der Waals surface area contributed by atoms with Gasteiger partial charge in [-0.05, 0) is 19.3 Å². The summed E-state index contributed by atoms with van der Waals surface area (Å²) in [5.41, 5.74) is 7.59. The first-order valence-corrected chi connectivity index (χ1v) is 6.82. The highest BCUT2D eigenvalue weighted by molar-refractivity contribution is 5.97. The molecule has 0 aliphatic carbocycles. The molecule has 1 amide bonds. The number of amides is 1. The zero-order valence-corrected chi connectivity index (χ0v) is 11.8. The van der Waals surface area contributed by atoms with Gasteiger partial charge in [-0.1, -0.05) is 19.8 Å². The molecule has 0 bridgehead atoms. The van der Waals surface area contributed by atoms with Crippen LogP contribution in [0.1, 0.15) is 48.8 Å². The van der Waals surface area contributed by atoms with E-state index in [2.05, 4.69) is 10.4 Å². The number of aryl methyl sites for hydroxylation is 2. The molecule has 0 atom stereocenters. The second kappa shape index (κ2) is 7.78. The molecule has 19 heavy (non-hydrogen) atoms. The number of carbonyl (C=O) groups excluding carboxylic acids is 1. The van der Waals surface area contributed by atoms with Crippen molar-refractivity contribution in [3.05, 3.63) is 11.4 Å². The van der Waals surface area contributed by atoms with Crippen LogP contribution in [-0.4, -0.2) is 33.9 Å². The Hall–Kier alpha value is -1.56. The average molecular weight is 268 g/mol. The number of nitrogens with two attached hydrogens (primary N) is 1. The molecule has 0 aliphatic rings. The lowest BCUT2D eigenvalue weighted by atomic mass is 10.2. The van der Waals surface area contributed by atoms with Crippen LogP contribution in [0.5, 0.6) is 0 Å². The monoisotopic (exact) mass is 268 g/mol. The van der Waals surface area contributed by atoms with E-state index in [-0.39, 0.29) is 12.5 Å². The van der Waals surface area contributed by atoms with Crippen molar-refractivity contribution in [3.8, 4) is 0 Å². The number of anilines is 1. The largest absolute Gasteiger partial charge is 0.396 e. The quantitative estimate of drug-likeness (QED) is 0.609. The lowest BCUT2D eigenvalue weighted by molar-refractivity contribution is 0.0944. The number of hydrogen-bond acceptors (Lipinski definition) is 4. The summed E-state index contributed by atoms with van der Waals surface area (Å²) >= 11 is 0. The van der Waals surface area contributed by atoms with Crippen LogP contribution >= 0.6 is 0 Å². The van der Waals surface area contributed by atoms with Crippen molar-refractivity contribution in [3.63, 3.8) is 0 Å².